The molecule has 2 N–H and O–H groups in total. The van der Waals surface area contributed by atoms with Gasteiger partial charge < -0.3 is 15.5 Å². The van der Waals surface area contributed by atoms with Crippen molar-refractivity contribution in [3.8, 4) is 0 Å². The molecule has 0 aliphatic heterocycles. The highest BCUT2D eigenvalue weighted by Crippen LogP contribution is 2.29. The number of anilines is 2. The van der Waals surface area contributed by atoms with Crippen LogP contribution in [0.3, 0.4) is 0 Å². The molecule has 0 fully saturated rings. The van der Waals surface area contributed by atoms with Gasteiger partial charge >= 0.3 is 6.18 Å². The Morgan fingerprint density at radius 3 is 2.29 bits per heavy atom. The van der Waals surface area contributed by atoms with Gasteiger partial charge in [-0.05, 0) is 35.4 Å². The summed E-state index contributed by atoms with van der Waals surface area (Å²) in [4.78, 5) is 31.8. The number of benzene rings is 3. The lowest BCUT2D eigenvalue weighted by Crippen LogP contribution is -2.35. The number of thiazole rings is 1. The van der Waals surface area contributed by atoms with Gasteiger partial charge in [-0.3, -0.25) is 9.59 Å². The molecular formula is C28H25F3N4O2S. The summed E-state index contributed by atoms with van der Waals surface area (Å²) in [5.41, 5.74) is 1.57. The number of carbonyl (C=O) groups is 2. The van der Waals surface area contributed by atoms with E-state index in [1.165, 1.54) is 23.5 Å². The van der Waals surface area contributed by atoms with E-state index in [9.17, 15) is 22.8 Å². The van der Waals surface area contributed by atoms with Gasteiger partial charge in [0, 0.05) is 37.1 Å². The lowest BCUT2D eigenvalue weighted by molar-refractivity contribution is -0.137. The Bertz CT molecular complexity index is 1360. The van der Waals surface area contributed by atoms with Gasteiger partial charge in [0.1, 0.15) is 5.69 Å². The van der Waals surface area contributed by atoms with E-state index in [-0.39, 0.29) is 43.6 Å². The van der Waals surface area contributed by atoms with E-state index in [1.807, 2.05) is 60.7 Å². The van der Waals surface area contributed by atoms with Gasteiger partial charge in [-0.25, -0.2) is 4.98 Å². The lowest BCUT2D eigenvalue weighted by atomic mass is 10.1. The van der Waals surface area contributed by atoms with Crippen molar-refractivity contribution >= 4 is 34.0 Å². The van der Waals surface area contributed by atoms with Gasteiger partial charge in [0.15, 0.2) is 5.13 Å². The predicted molar refractivity (Wildman–Crippen MR) is 141 cm³/mol. The first-order valence-corrected chi connectivity index (χ1v) is 12.7. The summed E-state index contributed by atoms with van der Waals surface area (Å²) in [6, 6.07) is 23.7. The molecule has 0 aliphatic carbocycles. The van der Waals surface area contributed by atoms with Crippen molar-refractivity contribution in [1.29, 1.82) is 0 Å². The van der Waals surface area contributed by atoms with Crippen LogP contribution in [-0.2, 0) is 24.1 Å². The average Bonchev–Trinajstić information content (AvgIpc) is 3.38. The van der Waals surface area contributed by atoms with Crippen LogP contribution in [0.1, 0.15) is 33.6 Å². The highest BCUT2D eigenvalue weighted by Gasteiger charge is 2.30. The van der Waals surface area contributed by atoms with Crippen LogP contribution in [-0.4, -0.2) is 28.2 Å². The van der Waals surface area contributed by atoms with E-state index in [2.05, 4.69) is 15.6 Å². The number of para-hydroxylation sites is 1. The van der Waals surface area contributed by atoms with E-state index in [1.54, 1.807) is 10.3 Å². The molecule has 38 heavy (non-hydrogen) atoms. The van der Waals surface area contributed by atoms with Crippen LogP contribution in [0.25, 0.3) is 0 Å². The monoisotopic (exact) mass is 538 g/mol. The van der Waals surface area contributed by atoms with Crippen LogP contribution in [0.5, 0.6) is 0 Å². The van der Waals surface area contributed by atoms with E-state index < -0.39 is 11.7 Å². The number of hydrogen-bond donors (Lipinski definition) is 2. The first kappa shape index (κ1) is 26.9. The number of hydrogen-bond acceptors (Lipinski definition) is 5. The van der Waals surface area contributed by atoms with Gasteiger partial charge in [0.2, 0.25) is 5.91 Å². The molecule has 0 aliphatic rings. The van der Waals surface area contributed by atoms with Gasteiger partial charge in [-0.2, -0.15) is 13.2 Å². The summed E-state index contributed by atoms with van der Waals surface area (Å²) in [6.45, 7) is 0.344. The first-order valence-electron chi connectivity index (χ1n) is 11.8. The minimum absolute atomic E-state index is 0.0171. The zero-order chi connectivity index (χ0) is 27.0. The standard InChI is InChI=1S/C28H25F3N4O2S/c29-28(30,31)22-11-7-10-21(16-22)17-32-25(36)14-15-35(18-20-8-3-1-4-9-20)26(37)24-19-38-27(34-24)33-23-12-5-2-6-13-23/h1-13,16,19H,14-15,17-18H2,(H,32,36)(H,33,34). The molecule has 6 nitrogen and oxygen atoms in total. The minimum Gasteiger partial charge on any atom is -0.352 e. The molecule has 0 spiro atoms. The van der Waals surface area contributed by atoms with Crippen molar-refractivity contribution in [3.63, 3.8) is 0 Å². The number of carbonyl (C=O) groups excluding carboxylic acids is 2. The second kappa shape index (κ2) is 12.4. The van der Waals surface area contributed by atoms with E-state index in [0.717, 1.165) is 23.4 Å². The summed E-state index contributed by atoms with van der Waals surface area (Å²) in [5, 5.41) is 8.04. The molecule has 3 aromatic carbocycles. The van der Waals surface area contributed by atoms with E-state index >= 15 is 0 Å². The summed E-state index contributed by atoms with van der Waals surface area (Å²) >= 11 is 1.30. The Hall–Kier alpha value is -4.18. The summed E-state index contributed by atoms with van der Waals surface area (Å²) in [6.07, 6.45) is -4.47. The molecule has 0 saturated carbocycles. The van der Waals surface area contributed by atoms with Gasteiger partial charge in [-0.15, -0.1) is 11.3 Å². The summed E-state index contributed by atoms with van der Waals surface area (Å²) in [7, 11) is 0. The second-order valence-corrected chi connectivity index (χ2v) is 9.32. The van der Waals surface area contributed by atoms with Crippen LogP contribution in [0.2, 0.25) is 0 Å². The third kappa shape index (κ3) is 7.66. The molecule has 1 aromatic heterocycles. The fourth-order valence-electron chi connectivity index (χ4n) is 3.68. The molecule has 2 amide bonds. The highest BCUT2D eigenvalue weighted by atomic mass is 32.1. The maximum absolute atomic E-state index is 13.3. The molecule has 0 bridgehead atoms. The van der Waals surface area contributed by atoms with Crippen molar-refractivity contribution in [3.05, 3.63) is 113 Å². The Labute approximate surface area is 222 Å². The molecule has 4 rings (SSSR count). The smallest absolute Gasteiger partial charge is 0.352 e. The lowest BCUT2D eigenvalue weighted by Gasteiger charge is -2.22. The van der Waals surface area contributed by atoms with Gasteiger partial charge in [0.25, 0.3) is 5.91 Å². The van der Waals surface area contributed by atoms with Crippen molar-refractivity contribution in [2.75, 3.05) is 11.9 Å². The average molecular weight is 539 g/mol. The number of rotatable bonds is 10. The van der Waals surface area contributed by atoms with E-state index in [4.69, 9.17) is 0 Å². The SMILES string of the molecule is O=C(CCN(Cc1ccccc1)C(=O)c1csc(Nc2ccccc2)n1)NCc1cccc(C(F)(F)F)c1. The highest BCUT2D eigenvalue weighted by molar-refractivity contribution is 7.14. The quantitative estimate of drug-likeness (QED) is 0.250. The largest absolute Gasteiger partial charge is 0.416 e. The summed E-state index contributed by atoms with van der Waals surface area (Å²) < 4.78 is 38.8. The first-order chi connectivity index (χ1) is 18.3. The number of amides is 2. The molecule has 10 heteroatoms. The topological polar surface area (TPSA) is 74.3 Å². The zero-order valence-corrected chi connectivity index (χ0v) is 21.1. The zero-order valence-electron chi connectivity index (χ0n) is 20.2. The minimum atomic E-state index is -4.45. The van der Waals surface area contributed by atoms with Crippen LogP contribution >= 0.6 is 11.3 Å². The molecule has 1 heterocycles. The van der Waals surface area contributed by atoms with Crippen molar-refractivity contribution in [1.82, 2.24) is 15.2 Å². The predicted octanol–water partition coefficient (Wildman–Crippen LogP) is 6.25. The van der Waals surface area contributed by atoms with E-state index in [0.29, 0.717) is 10.7 Å². The molecule has 4 aromatic rings. The Balaban J connectivity index is 1.39. The maximum atomic E-state index is 13.3. The molecular weight excluding hydrogens is 513 g/mol. The molecule has 0 radical (unpaired) electrons. The molecule has 0 unspecified atom stereocenters. The number of aromatic nitrogens is 1. The molecule has 196 valence electrons. The van der Waals surface area contributed by atoms with Crippen molar-refractivity contribution in [2.24, 2.45) is 0 Å². The fraction of sp³-hybridized carbons (Fsp3) is 0.179. The van der Waals surface area contributed by atoms with Crippen LogP contribution < -0.4 is 10.6 Å². The number of nitrogens with one attached hydrogen (secondary N) is 2. The second-order valence-electron chi connectivity index (χ2n) is 8.47. The number of halogens is 3. The fourth-order valence-corrected chi connectivity index (χ4v) is 4.38. The maximum Gasteiger partial charge on any atom is 0.416 e. The third-order valence-corrected chi connectivity index (χ3v) is 6.36. The van der Waals surface area contributed by atoms with Crippen molar-refractivity contribution < 1.29 is 22.8 Å². The van der Waals surface area contributed by atoms with Crippen LogP contribution in [0, 0.1) is 0 Å². The number of nitrogens with zero attached hydrogens (tertiary/aromatic N) is 2. The molecule has 0 atom stereocenters. The third-order valence-electron chi connectivity index (χ3n) is 5.60. The number of alkyl halides is 3. The van der Waals surface area contributed by atoms with Crippen LogP contribution in [0.4, 0.5) is 24.0 Å². The Morgan fingerprint density at radius 1 is 0.895 bits per heavy atom. The molecule has 0 saturated heterocycles. The Morgan fingerprint density at radius 2 is 1.58 bits per heavy atom. The van der Waals surface area contributed by atoms with Gasteiger partial charge in [0.05, 0.1) is 5.56 Å². The van der Waals surface area contributed by atoms with Crippen molar-refractivity contribution in [2.45, 2.75) is 25.7 Å². The van der Waals surface area contributed by atoms with Crippen LogP contribution in [0.15, 0.2) is 90.3 Å². The van der Waals surface area contributed by atoms with Gasteiger partial charge in [-0.1, -0.05) is 60.7 Å². The Kier molecular flexibility index (Phi) is 8.75. The normalized spacial score (nSPS) is 11.1. The summed E-state index contributed by atoms with van der Waals surface area (Å²) in [5.74, 6) is -0.699.